The van der Waals surface area contributed by atoms with E-state index < -0.39 is 5.60 Å². The molecule has 1 aliphatic heterocycles. The van der Waals surface area contributed by atoms with E-state index in [0.29, 0.717) is 11.5 Å². The molecule has 1 spiro atoms. The van der Waals surface area contributed by atoms with Crippen molar-refractivity contribution in [3.8, 4) is 0 Å². The van der Waals surface area contributed by atoms with Gasteiger partial charge in [0.25, 0.3) is 0 Å². The molecule has 1 saturated carbocycles. The lowest BCUT2D eigenvalue weighted by Crippen LogP contribution is -2.47. The molecule has 2 fully saturated rings. The Morgan fingerprint density at radius 3 is 2.23 bits per heavy atom. The molecule has 13 heavy (non-hydrogen) atoms. The van der Waals surface area contributed by atoms with E-state index >= 15 is 0 Å². The fourth-order valence-corrected chi connectivity index (χ4v) is 2.16. The van der Waals surface area contributed by atoms with Gasteiger partial charge in [0, 0.05) is 12.1 Å². The molecule has 0 aromatic heterocycles. The Hall–Kier alpha value is -0.0800. The van der Waals surface area contributed by atoms with Crippen molar-refractivity contribution in [3.05, 3.63) is 0 Å². The molecule has 2 rings (SSSR count). The molecule has 0 aromatic carbocycles. The van der Waals surface area contributed by atoms with E-state index in [-0.39, 0.29) is 7.43 Å². The Labute approximate surface area is 81.7 Å². The third-order valence-corrected chi connectivity index (χ3v) is 3.55. The average molecular weight is 185 g/mol. The number of hydrogen-bond donors (Lipinski definition) is 2. The number of rotatable bonds is 1. The van der Waals surface area contributed by atoms with E-state index in [9.17, 15) is 5.11 Å². The van der Waals surface area contributed by atoms with Crippen LogP contribution < -0.4 is 5.32 Å². The first-order valence-electron chi connectivity index (χ1n) is 4.99. The fraction of sp³-hybridized carbons (Fsp3) is 1.00. The third-order valence-electron chi connectivity index (χ3n) is 3.55. The maximum atomic E-state index is 9.79. The fourth-order valence-electron chi connectivity index (χ4n) is 2.16. The van der Waals surface area contributed by atoms with Crippen LogP contribution in [0.4, 0.5) is 0 Å². The van der Waals surface area contributed by atoms with Gasteiger partial charge >= 0.3 is 0 Å². The number of aliphatic hydroxyl groups is 1. The molecule has 2 heteroatoms. The molecule has 78 valence electrons. The first-order valence-corrected chi connectivity index (χ1v) is 4.99. The van der Waals surface area contributed by atoms with Crippen LogP contribution in [-0.2, 0) is 0 Å². The predicted molar refractivity (Wildman–Crippen MR) is 55.7 cm³/mol. The monoisotopic (exact) mass is 185 g/mol. The maximum absolute atomic E-state index is 9.79. The van der Waals surface area contributed by atoms with E-state index in [1.807, 2.05) is 13.8 Å². The van der Waals surface area contributed by atoms with Crippen molar-refractivity contribution in [2.75, 3.05) is 6.54 Å². The van der Waals surface area contributed by atoms with Crippen molar-refractivity contribution in [2.24, 2.45) is 5.92 Å². The van der Waals surface area contributed by atoms with Gasteiger partial charge in [-0.25, -0.2) is 0 Å². The minimum absolute atomic E-state index is 0. The largest absolute Gasteiger partial charge is 0.390 e. The second-order valence-electron chi connectivity index (χ2n) is 5.05. The maximum Gasteiger partial charge on any atom is 0.0631 e. The molecule has 1 unspecified atom stereocenters. The summed E-state index contributed by atoms with van der Waals surface area (Å²) in [6, 6.07) is 0. The van der Waals surface area contributed by atoms with Crippen LogP contribution in [0.1, 0.15) is 47.0 Å². The van der Waals surface area contributed by atoms with Crippen molar-refractivity contribution >= 4 is 0 Å². The van der Waals surface area contributed by atoms with Crippen LogP contribution in [0, 0.1) is 5.92 Å². The quantitative estimate of drug-likeness (QED) is 0.654. The van der Waals surface area contributed by atoms with E-state index in [0.717, 1.165) is 6.54 Å². The van der Waals surface area contributed by atoms with Gasteiger partial charge in [-0.3, -0.25) is 0 Å². The summed E-state index contributed by atoms with van der Waals surface area (Å²) >= 11 is 0. The molecule has 2 aliphatic rings. The topological polar surface area (TPSA) is 32.3 Å². The Morgan fingerprint density at radius 2 is 1.92 bits per heavy atom. The van der Waals surface area contributed by atoms with Gasteiger partial charge in [-0.05, 0) is 45.4 Å². The van der Waals surface area contributed by atoms with Crippen molar-refractivity contribution in [1.29, 1.82) is 0 Å². The lowest BCUT2D eigenvalue weighted by atomic mass is 9.82. The van der Waals surface area contributed by atoms with Gasteiger partial charge in [0.15, 0.2) is 0 Å². The standard InChI is InChI=1S/C10H19NO.CH4/c1-9(2,12)8-3-4-10(5-6-10)11-7-8;/h8,11-12H,3-7H2,1-2H3;1H4. The molecule has 0 amide bonds. The van der Waals surface area contributed by atoms with Gasteiger partial charge in [-0.1, -0.05) is 7.43 Å². The average Bonchev–Trinajstić information content (AvgIpc) is 2.68. The lowest BCUT2D eigenvalue weighted by molar-refractivity contribution is 0.000620. The zero-order valence-corrected chi connectivity index (χ0v) is 8.06. The van der Waals surface area contributed by atoms with Crippen molar-refractivity contribution in [3.63, 3.8) is 0 Å². The third kappa shape index (κ3) is 2.23. The molecule has 2 nitrogen and oxygen atoms in total. The summed E-state index contributed by atoms with van der Waals surface area (Å²) in [6.07, 6.45) is 5.16. The van der Waals surface area contributed by atoms with Crippen LogP contribution in [0.15, 0.2) is 0 Å². The number of hydrogen-bond acceptors (Lipinski definition) is 2. The number of nitrogens with one attached hydrogen (secondary N) is 1. The molecule has 2 N–H and O–H groups in total. The van der Waals surface area contributed by atoms with Crippen LogP contribution in [0.3, 0.4) is 0 Å². The molecule has 0 aromatic rings. The second-order valence-corrected chi connectivity index (χ2v) is 5.05. The Morgan fingerprint density at radius 1 is 1.31 bits per heavy atom. The van der Waals surface area contributed by atoms with Gasteiger partial charge in [-0.2, -0.15) is 0 Å². The summed E-state index contributed by atoms with van der Waals surface area (Å²) in [5, 5.41) is 13.4. The summed E-state index contributed by atoms with van der Waals surface area (Å²) in [7, 11) is 0. The van der Waals surface area contributed by atoms with E-state index in [1.165, 1.54) is 25.7 Å². The van der Waals surface area contributed by atoms with Crippen LogP contribution in [0.2, 0.25) is 0 Å². The normalized spacial score (nSPS) is 31.2. The smallest absolute Gasteiger partial charge is 0.0631 e. The van der Waals surface area contributed by atoms with Gasteiger partial charge < -0.3 is 10.4 Å². The van der Waals surface area contributed by atoms with Crippen molar-refractivity contribution < 1.29 is 5.11 Å². The molecule has 0 radical (unpaired) electrons. The summed E-state index contributed by atoms with van der Waals surface area (Å²) in [5.41, 5.74) is 0.0191. The van der Waals surface area contributed by atoms with Crippen LogP contribution in [0.25, 0.3) is 0 Å². The van der Waals surface area contributed by atoms with Crippen LogP contribution in [-0.4, -0.2) is 22.8 Å². The summed E-state index contributed by atoms with van der Waals surface area (Å²) in [4.78, 5) is 0. The van der Waals surface area contributed by atoms with Crippen LogP contribution >= 0.6 is 0 Å². The zero-order valence-electron chi connectivity index (χ0n) is 8.06. The van der Waals surface area contributed by atoms with Gasteiger partial charge in [0.1, 0.15) is 0 Å². The second kappa shape index (κ2) is 3.25. The molecule has 0 bridgehead atoms. The zero-order chi connectivity index (χ0) is 8.82. The van der Waals surface area contributed by atoms with Gasteiger partial charge in [0.05, 0.1) is 5.60 Å². The minimum atomic E-state index is -0.497. The van der Waals surface area contributed by atoms with E-state index in [2.05, 4.69) is 5.32 Å². The highest BCUT2D eigenvalue weighted by atomic mass is 16.3. The highest BCUT2D eigenvalue weighted by molar-refractivity contribution is 5.05. The Balaban J connectivity index is 0.000000845. The molecule has 1 heterocycles. The molecule has 1 atom stereocenters. The highest BCUT2D eigenvalue weighted by Crippen LogP contribution is 2.44. The predicted octanol–water partition coefficient (Wildman–Crippen LogP) is 1.93. The van der Waals surface area contributed by atoms with Gasteiger partial charge in [-0.15, -0.1) is 0 Å². The minimum Gasteiger partial charge on any atom is -0.390 e. The first kappa shape index (κ1) is 11.0. The first-order chi connectivity index (χ1) is 5.52. The summed E-state index contributed by atoms with van der Waals surface area (Å²) < 4.78 is 0. The highest BCUT2D eigenvalue weighted by Gasteiger charge is 2.46. The Kier molecular flexibility index (Phi) is 2.75. The number of piperidine rings is 1. The van der Waals surface area contributed by atoms with Gasteiger partial charge in [0.2, 0.25) is 0 Å². The molecule has 1 saturated heterocycles. The van der Waals surface area contributed by atoms with Crippen molar-refractivity contribution in [1.82, 2.24) is 5.32 Å². The summed E-state index contributed by atoms with van der Waals surface area (Å²) in [5.74, 6) is 0.448. The molecule has 1 aliphatic carbocycles. The van der Waals surface area contributed by atoms with Crippen LogP contribution in [0.5, 0.6) is 0 Å². The Bertz CT molecular complexity index is 169. The lowest BCUT2D eigenvalue weighted by Gasteiger charge is -2.36. The molecular formula is C11H23NO. The van der Waals surface area contributed by atoms with E-state index in [1.54, 1.807) is 0 Å². The molecular weight excluding hydrogens is 162 g/mol. The van der Waals surface area contributed by atoms with Crippen molar-refractivity contribution in [2.45, 2.75) is 58.1 Å². The van der Waals surface area contributed by atoms with E-state index in [4.69, 9.17) is 0 Å². The summed E-state index contributed by atoms with van der Waals surface area (Å²) in [6.45, 7) is 4.85. The SMILES string of the molecule is C.CC(C)(O)C1CCC2(CC2)NC1.